The Morgan fingerprint density at radius 1 is 1.53 bits per heavy atom. The van der Waals surface area contributed by atoms with Crippen LogP contribution in [0.1, 0.15) is 31.4 Å². The minimum absolute atomic E-state index is 0.250. The monoisotopic (exact) mass is 210 g/mol. The molecule has 1 aromatic rings. The number of ether oxygens (including phenoxy) is 1. The minimum Gasteiger partial charge on any atom is -0.490 e. The van der Waals surface area contributed by atoms with Gasteiger partial charge in [-0.2, -0.15) is 0 Å². The molecule has 2 rings (SSSR count). The molecule has 1 N–H and O–H groups in total. The molecule has 82 valence electrons. The van der Waals surface area contributed by atoms with Crippen molar-refractivity contribution in [2.24, 2.45) is 5.92 Å². The number of halogens is 1. The molecule has 3 heteroatoms. The summed E-state index contributed by atoms with van der Waals surface area (Å²) >= 11 is 0. The SMILES string of the molecule is CC(O)c1ccc(F)c(OCC2CC2)c1. The van der Waals surface area contributed by atoms with Crippen LogP contribution in [0, 0.1) is 11.7 Å². The minimum atomic E-state index is -0.589. The van der Waals surface area contributed by atoms with Gasteiger partial charge in [0.15, 0.2) is 11.6 Å². The molecule has 0 aromatic heterocycles. The largest absolute Gasteiger partial charge is 0.490 e. The predicted octanol–water partition coefficient (Wildman–Crippen LogP) is 2.67. The van der Waals surface area contributed by atoms with Crippen molar-refractivity contribution < 1.29 is 14.2 Å². The van der Waals surface area contributed by atoms with Crippen LogP contribution in [0.2, 0.25) is 0 Å². The number of aliphatic hydroxyl groups excluding tert-OH is 1. The molecule has 0 radical (unpaired) electrons. The van der Waals surface area contributed by atoms with Gasteiger partial charge in [0.1, 0.15) is 0 Å². The van der Waals surface area contributed by atoms with E-state index in [2.05, 4.69) is 0 Å². The van der Waals surface area contributed by atoms with Crippen molar-refractivity contribution in [1.29, 1.82) is 0 Å². The smallest absolute Gasteiger partial charge is 0.165 e. The number of benzene rings is 1. The second kappa shape index (κ2) is 4.19. The van der Waals surface area contributed by atoms with E-state index in [9.17, 15) is 9.50 Å². The number of hydrogen-bond donors (Lipinski definition) is 1. The van der Waals surface area contributed by atoms with Crippen molar-refractivity contribution in [2.45, 2.75) is 25.9 Å². The zero-order valence-corrected chi connectivity index (χ0v) is 8.74. The second-order valence-electron chi connectivity index (χ2n) is 4.12. The Morgan fingerprint density at radius 2 is 2.27 bits per heavy atom. The van der Waals surface area contributed by atoms with Gasteiger partial charge in [0.2, 0.25) is 0 Å². The van der Waals surface area contributed by atoms with Gasteiger partial charge in [-0.15, -0.1) is 0 Å². The fraction of sp³-hybridized carbons (Fsp3) is 0.500. The molecule has 1 atom stereocenters. The third-order valence-electron chi connectivity index (χ3n) is 2.61. The molecule has 0 aliphatic heterocycles. The first-order valence-electron chi connectivity index (χ1n) is 5.27. The van der Waals surface area contributed by atoms with Crippen LogP contribution in [0.4, 0.5) is 4.39 Å². The molecular weight excluding hydrogens is 195 g/mol. The molecule has 1 saturated carbocycles. The van der Waals surface area contributed by atoms with E-state index in [4.69, 9.17) is 4.74 Å². The molecule has 2 nitrogen and oxygen atoms in total. The van der Waals surface area contributed by atoms with E-state index < -0.39 is 6.10 Å². The maximum atomic E-state index is 13.3. The second-order valence-corrected chi connectivity index (χ2v) is 4.12. The summed E-state index contributed by atoms with van der Waals surface area (Å²) < 4.78 is 18.7. The third-order valence-corrected chi connectivity index (χ3v) is 2.61. The van der Waals surface area contributed by atoms with Crippen molar-refractivity contribution in [3.63, 3.8) is 0 Å². The lowest BCUT2D eigenvalue weighted by Gasteiger charge is -2.10. The van der Waals surface area contributed by atoms with Crippen LogP contribution in [-0.4, -0.2) is 11.7 Å². The van der Waals surface area contributed by atoms with Gasteiger partial charge in [0.25, 0.3) is 0 Å². The van der Waals surface area contributed by atoms with E-state index in [1.165, 1.54) is 18.9 Å². The summed E-state index contributed by atoms with van der Waals surface area (Å²) in [5, 5.41) is 9.35. The molecule has 15 heavy (non-hydrogen) atoms. The van der Waals surface area contributed by atoms with E-state index >= 15 is 0 Å². The summed E-state index contributed by atoms with van der Waals surface area (Å²) in [6.07, 6.45) is 1.77. The third kappa shape index (κ3) is 2.69. The molecule has 0 saturated heterocycles. The molecule has 1 fully saturated rings. The highest BCUT2D eigenvalue weighted by atomic mass is 19.1. The Labute approximate surface area is 88.7 Å². The first-order chi connectivity index (χ1) is 7.16. The average Bonchev–Trinajstić information content (AvgIpc) is 3.00. The lowest BCUT2D eigenvalue weighted by atomic mass is 10.1. The van der Waals surface area contributed by atoms with Gasteiger partial charge in [-0.3, -0.25) is 0 Å². The zero-order chi connectivity index (χ0) is 10.8. The Balaban J connectivity index is 2.08. The van der Waals surface area contributed by atoms with Crippen LogP contribution in [0.5, 0.6) is 5.75 Å². The predicted molar refractivity (Wildman–Crippen MR) is 55.3 cm³/mol. The Kier molecular flexibility index (Phi) is 2.91. The average molecular weight is 210 g/mol. The maximum absolute atomic E-state index is 13.3. The van der Waals surface area contributed by atoms with E-state index in [0.29, 0.717) is 18.1 Å². The van der Waals surface area contributed by atoms with E-state index in [1.807, 2.05) is 0 Å². The highest BCUT2D eigenvalue weighted by molar-refractivity contribution is 5.31. The zero-order valence-electron chi connectivity index (χ0n) is 8.74. The molecule has 1 aliphatic rings. The molecule has 0 spiro atoms. The lowest BCUT2D eigenvalue weighted by Crippen LogP contribution is -2.02. The first-order valence-corrected chi connectivity index (χ1v) is 5.27. The van der Waals surface area contributed by atoms with Crippen LogP contribution in [0.3, 0.4) is 0 Å². The topological polar surface area (TPSA) is 29.5 Å². The van der Waals surface area contributed by atoms with Crippen LogP contribution < -0.4 is 4.74 Å². The van der Waals surface area contributed by atoms with Gasteiger partial charge in [0.05, 0.1) is 12.7 Å². The summed E-state index contributed by atoms with van der Waals surface area (Å²) in [5.74, 6) is 0.486. The summed E-state index contributed by atoms with van der Waals surface area (Å²) in [4.78, 5) is 0. The molecule has 1 unspecified atom stereocenters. The van der Waals surface area contributed by atoms with E-state index in [0.717, 1.165) is 0 Å². The fourth-order valence-corrected chi connectivity index (χ4v) is 1.38. The molecule has 0 bridgehead atoms. The van der Waals surface area contributed by atoms with E-state index in [1.54, 1.807) is 19.1 Å². The van der Waals surface area contributed by atoms with Crippen molar-refractivity contribution in [3.05, 3.63) is 29.6 Å². The van der Waals surface area contributed by atoms with Crippen molar-refractivity contribution >= 4 is 0 Å². The van der Waals surface area contributed by atoms with Gasteiger partial charge < -0.3 is 9.84 Å². The standard InChI is InChI=1S/C12H15FO2/c1-8(14)10-4-5-11(13)12(6-10)15-7-9-2-3-9/h4-6,8-9,14H,2-3,7H2,1H3. The van der Waals surface area contributed by atoms with Gasteiger partial charge in [0, 0.05) is 0 Å². The van der Waals surface area contributed by atoms with Gasteiger partial charge in [-0.25, -0.2) is 4.39 Å². The Hall–Kier alpha value is -1.09. The van der Waals surface area contributed by atoms with E-state index in [-0.39, 0.29) is 11.6 Å². The molecule has 0 heterocycles. The Morgan fingerprint density at radius 3 is 2.87 bits per heavy atom. The summed E-state index contributed by atoms with van der Waals surface area (Å²) in [7, 11) is 0. The summed E-state index contributed by atoms with van der Waals surface area (Å²) in [6, 6.07) is 4.48. The fourth-order valence-electron chi connectivity index (χ4n) is 1.38. The van der Waals surface area contributed by atoms with Crippen LogP contribution in [0.15, 0.2) is 18.2 Å². The lowest BCUT2D eigenvalue weighted by molar-refractivity contribution is 0.198. The van der Waals surface area contributed by atoms with Crippen molar-refractivity contribution in [2.75, 3.05) is 6.61 Å². The van der Waals surface area contributed by atoms with Crippen LogP contribution in [-0.2, 0) is 0 Å². The maximum Gasteiger partial charge on any atom is 0.165 e. The van der Waals surface area contributed by atoms with Gasteiger partial charge in [-0.1, -0.05) is 6.07 Å². The first kappa shape index (κ1) is 10.4. The molecule has 0 amide bonds. The number of aliphatic hydroxyl groups is 1. The Bertz CT molecular complexity index is 345. The van der Waals surface area contributed by atoms with Crippen molar-refractivity contribution in [3.8, 4) is 5.75 Å². The number of rotatable bonds is 4. The van der Waals surface area contributed by atoms with Gasteiger partial charge >= 0.3 is 0 Å². The summed E-state index contributed by atoms with van der Waals surface area (Å²) in [6.45, 7) is 2.23. The van der Waals surface area contributed by atoms with Crippen molar-refractivity contribution in [1.82, 2.24) is 0 Å². The molecule has 1 aromatic carbocycles. The quantitative estimate of drug-likeness (QED) is 0.827. The summed E-state index contributed by atoms with van der Waals surface area (Å²) in [5.41, 5.74) is 0.683. The number of hydrogen-bond acceptors (Lipinski definition) is 2. The molecule has 1 aliphatic carbocycles. The normalized spacial score (nSPS) is 17.5. The highest BCUT2D eigenvalue weighted by Crippen LogP contribution is 2.30. The van der Waals surface area contributed by atoms with Crippen LogP contribution >= 0.6 is 0 Å². The molecular formula is C12H15FO2. The van der Waals surface area contributed by atoms with Gasteiger partial charge in [-0.05, 0) is 43.4 Å². The highest BCUT2D eigenvalue weighted by Gasteiger charge is 2.22. The van der Waals surface area contributed by atoms with Crippen LogP contribution in [0.25, 0.3) is 0 Å².